The van der Waals surface area contributed by atoms with Crippen LogP contribution >= 0.6 is 0 Å². The number of hydrogen-bond donors (Lipinski definition) is 2. The number of rotatable bonds is 4. The molecule has 21 heavy (non-hydrogen) atoms. The van der Waals surface area contributed by atoms with Gasteiger partial charge in [-0.15, -0.1) is 0 Å². The van der Waals surface area contributed by atoms with Gasteiger partial charge < -0.3 is 15.5 Å². The van der Waals surface area contributed by atoms with Crippen molar-refractivity contribution in [2.45, 2.75) is 19.9 Å². The lowest BCUT2D eigenvalue weighted by atomic mass is 10.1. The molecular weight excluding hydrogens is 268 g/mol. The Morgan fingerprint density at radius 3 is 3.05 bits per heavy atom. The SMILES string of the molecule is CCc1cnc(CNC(=O)c2ccncc2C#CCN)o1. The molecule has 0 bridgehead atoms. The second-order valence-corrected chi connectivity index (χ2v) is 4.18. The fourth-order valence-corrected chi connectivity index (χ4v) is 1.68. The van der Waals surface area contributed by atoms with E-state index in [9.17, 15) is 4.79 Å². The number of pyridine rings is 1. The molecule has 2 aromatic rings. The van der Waals surface area contributed by atoms with Crippen LogP contribution in [0.1, 0.15) is 34.5 Å². The van der Waals surface area contributed by atoms with Crippen LogP contribution in [-0.2, 0) is 13.0 Å². The van der Waals surface area contributed by atoms with Gasteiger partial charge in [-0.25, -0.2) is 4.98 Å². The van der Waals surface area contributed by atoms with E-state index in [1.807, 2.05) is 6.92 Å². The number of nitrogens with one attached hydrogen (secondary N) is 1. The molecule has 2 aromatic heterocycles. The first-order chi connectivity index (χ1) is 10.2. The highest BCUT2D eigenvalue weighted by atomic mass is 16.4. The van der Waals surface area contributed by atoms with Crippen LogP contribution < -0.4 is 11.1 Å². The van der Waals surface area contributed by atoms with Gasteiger partial charge in [0.25, 0.3) is 5.91 Å². The summed E-state index contributed by atoms with van der Waals surface area (Å²) in [6.45, 7) is 2.43. The van der Waals surface area contributed by atoms with Crippen molar-refractivity contribution in [3.8, 4) is 11.8 Å². The summed E-state index contributed by atoms with van der Waals surface area (Å²) in [6, 6.07) is 1.61. The highest BCUT2D eigenvalue weighted by Crippen LogP contribution is 2.07. The maximum atomic E-state index is 12.2. The van der Waals surface area contributed by atoms with Crippen LogP contribution in [0.4, 0.5) is 0 Å². The zero-order valence-corrected chi connectivity index (χ0v) is 11.7. The molecular formula is C15H16N4O2. The Balaban J connectivity index is 2.06. The summed E-state index contributed by atoms with van der Waals surface area (Å²) in [4.78, 5) is 20.2. The molecule has 0 unspecified atom stereocenters. The average molecular weight is 284 g/mol. The lowest BCUT2D eigenvalue weighted by molar-refractivity contribution is 0.0946. The highest BCUT2D eigenvalue weighted by Gasteiger charge is 2.11. The summed E-state index contributed by atoms with van der Waals surface area (Å²) in [5.74, 6) is 6.55. The van der Waals surface area contributed by atoms with E-state index in [0.717, 1.165) is 12.2 Å². The number of aryl methyl sites for hydroxylation is 1. The van der Waals surface area contributed by atoms with Crippen LogP contribution in [0.25, 0.3) is 0 Å². The quantitative estimate of drug-likeness (QED) is 0.813. The van der Waals surface area contributed by atoms with Gasteiger partial charge >= 0.3 is 0 Å². The Kier molecular flexibility index (Phi) is 5.07. The molecule has 0 saturated carbocycles. The number of aromatic nitrogens is 2. The molecule has 1 amide bonds. The van der Waals surface area contributed by atoms with Crippen LogP contribution in [0.2, 0.25) is 0 Å². The third-order valence-corrected chi connectivity index (χ3v) is 2.74. The molecule has 0 fully saturated rings. The zero-order valence-electron chi connectivity index (χ0n) is 11.7. The van der Waals surface area contributed by atoms with Crippen molar-refractivity contribution in [1.29, 1.82) is 0 Å². The topological polar surface area (TPSA) is 94.0 Å². The Labute approximate surface area is 122 Å². The van der Waals surface area contributed by atoms with Crippen molar-refractivity contribution in [3.05, 3.63) is 47.4 Å². The number of carbonyl (C=O) groups is 1. The molecule has 0 saturated heterocycles. The van der Waals surface area contributed by atoms with Crippen molar-refractivity contribution in [2.24, 2.45) is 5.73 Å². The Morgan fingerprint density at radius 1 is 1.48 bits per heavy atom. The minimum atomic E-state index is -0.255. The van der Waals surface area contributed by atoms with Crippen molar-refractivity contribution in [1.82, 2.24) is 15.3 Å². The summed E-state index contributed by atoms with van der Waals surface area (Å²) in [5.41, 5.74) is 6.33. The van der Waals surface area contributed by atoms with Crippen molar-refractivity contribution in [3.63, 3.8) is 0 Å². The first-order valence-corrected chi connectivity index (χ1v) is 6.59. The number of carbonyl (C=O) groups excluding carboxylic acids is 1. The third kappa shape index (κ3) is 3.91. The van der Waals surface area contributed by atoms with Gasteiger partial charge in [-0.3, -0.25) is 9.78 Å². The van der Waals surface area contributed by atoms with E-state index in [1.165, 1.54) is 6.20 Å². The first kappa shape index (κ1) is 14.8. The van der Waals surface area contributed by atoms with Gasteiger partial charge in [0.2, 0.25) is 5.89 Å². The molecule has 2 rings (SSSR count). The van der Waals surface area contributed by atoms with Crippen molar-refractivity contribution >= 4 is 5.91 Å². The van der Waals surface area contributed by atoms with Crippen LogP contribution in [0.5, 0.6) is 0 Å². The summed E-state index contributed by atoms with van der Waals surface area (Å²) < 4.78 is 5.43. The molecule has 0 aliphatic rings. The summed E-state index contributed by atoms with van der Waals surface area (Å²) in [5, 5.41) is 2.75. The minimum absolute atomic E-state index is 0.227. The van der Waals surface area contributed by atoms with Gasteiger partial charge in [0.15, 0.2) is 0 Å². The monoisotopic (exact) mass is 284 g/mol. The lowest BCUT2D eigenvalue weighted by Gasteiger charge is -2.04. The highest BCUT2D eigenvalue weighted by molar-refractivity contribution is 5.96. The minimum Gasteiger partial charge on any atom is -0.444 e. The van der Waals surface area contributed by atoms with Gasteiger partial charge in [0.05, 0.1) is 30.4 Å². The largest absolute Gasteiger partial charge is 0.444 e. The first-order valence-electron chi connectivity index (χ1n) is 6.59. The molecule has 6 heteroatoms. The Bertz CT molecular complexity index is 682. The standard InChI is InChI=1S/C15H16N4O2/c1-2-12-9-18-14(21-12)10-19-15(20)13-5-7-17-8-11(13)4-3-6-16/h5,7-9H,2,6,10,16H2,1H3,(H,19,20). The van der Waals surface area contributed by atoms with Gasteiger partial charge in [-0.05, 0) is 6.07 Å². The normalized spacial score (nSPS) is 9.81. The zero-order chi connectivity index (χ0) is 15.1. The molecule has 0 aliphatic carbocycles. The third-order valence-electron chi connectivity index (χ3n) is 2.74. The molecule has 6 nitrogen and oxygen atoms in total. The van der Waals surface area contributed by atoms with E-state index in [2.05, 4.69) is 27.1 Å². The van der Waals surface area contributed by atoms with E-state index in [0.29, 0.717) is 17.0 Å². The predicted molar refractivity (Wildman–Crippen MR) is 77.2 cm³/mol. The van der Waals surface area contributed by atoms with Gasteiger partial charge in [-0.2, -0.15) is 0 Å². The molecule has 0 aliphatic heterocycles. The van der Waals surface area contributed by atoms with Crippen LogP contribution in [-0.4, -0.2) is 22.4 Å². The second-order valence-electron chi connectivity index (χ2n) is 4.18. The fourth-order valence-electron chi connectivity index (χ4n) is 1.68. The van der Waals surface area contributed by atoms with Gasteiger partial charge in [-0.1, -0.05) is 18.8 Å². The molecule has 2 heterocycles. The molecule has 0 atom stereocenters. The predicted octanol–water partition coefficient (Wildman–Crippen LogP) is 0.872. The van der Waals surface area contributed by atoms with E-state index >= 15 is 0 Å². The van der Waals surface area contributed by atoms with Crippen LogP contribution in [0.3, 0.4) is 0 Å². The number of hydrogen-bond acceptors (Lipinski definition) is 5. The molecule has 3 N–H and O–H groups in total. The second kappa shape index (κ2) is 7.22. The van der Waals surface area contributed by atoms with Crippen molar-refractivity contribution < 1.29 is 9.21 Å². The van der Waals surface area contributed by atoms with Gasteiger partial charge in [0, 0.05) is 18.8 Å². The number of nitrogens with zero attached hydrogens (tertiary/aromatic N) is 2. The maximum absolute atomic E-state index is 12.2. The average Bonchev–Trinajstić information content (AvgIpc) is 2.99. The fraction of sp³-hybridized carbons (Fsp3) is 0.267. The maximum Gasteiger partial charge on any atom is 0.253 e. The van der Waals surface area contributed by atoms with Crippen LogP contribution in [0, 0.1) is 11.8 Å². The Morgan fingerprint density at radius 2 is 2.33 bits per heavy atom. The summed E-state index contributed by atoms with van der Waals surface area (Å²) in [6.07, 6.45) is 5.51. The van der Waals surface area contributed by atoms with Crippen molar-refractivity contribution in [2.75, 3.05) is 6.54 Å². The number of amides is 1. The molecule has 0 spiro atoms. The molecule has 0 radical (unpaired) electrons. The lowest BCUT2D eigenvalue weighted by Crippen LogP contribution is -2.24. The van der Waals surface area contributed by atoms with Crippen LogP contribution in [0.15, 0.2) is 29.1 Å². The summed E-state index contributed by atoms with van der Waals surface area (Å²) in [7, 11) is 0. The summed E-state index contributed by atoms with van der Waals surface area (Å²) >= 11 is 0. The van der Waals surface area contributed by atoms with E-state index in [1.54, 1.807) is 18.5 Å². The number of nitrogens with two attached hydrogens (primary N) is 1. The Hall–Kier alpha value is -2.65. The number of oxazole rings is 1. The molecule has 108 valence electrons. The van der Waals surface area contributed by atoms with E-state index in [4.69, 9.17) is 10.2 Å². The molecule has 0 aromatic carbocycles. The van der Waals surface area contributed by atoms with E-state index in [-0.39, 0.29) is 19.0 Å². The smallest absolute Gasteiger partial charge is 0.253 e. The van der Waals surface area contributed by atoms with E-state index < -0.39 is 0 Å². The van der Waals surface area contributed by atoms with Gasteiger partial charge in [0.1, 0.15) is 5.76 Å².